The van der Waals surface area contributed by atoms with Gasteiger partial charge >= 0.3 is 5.97 Å². The highest BCUT2D eigenvalue weighted by Crippen LogP contribution is 2.41. The molecule has 0 spiro atoms. The van der Waals surface area contributed by atoms with Crippen molar-refractivity contribution in [3.05, 3.63) is 64.7 Å². The molecule has 2 aromatic carbocycles. The number of carbonyl (C=O) groups is 2. The highest BCUT2D eigenvalue weighted by molar-refractivity contribution is 5.92. The number of benzene rings is 2. The van der Waals surface area contributed by atoms with E-state index in [1.807, 2.05) is 29.2 Å². The minimum atomic E-state index is -0.924. The van der Waals surface area contributed by atoms with Gasteiger partial charge in [0.2, 0.25) is 5.91 Å². The van der Waals surface area contributed by atoms with Crippen LogP contribution in [0.5, 0.6) is 0 Å². The highest BCUT2D eigenvalue weighted by atomic mass is 16.5. The van der Waals surface area contributed by atoms with Crippen LogP contribution in [0.4, 0.5) is 0 Å². The van der Waals surface area contributed by atoms with Gasteiger partial charge in [-0.25, -0.2) is 4.79 Å². The van der Waals surface area contributed by atoms with E-state index in [0.717, 1.165) is 35.1 Å². The van der Waals surface area contributed by atoms with Gasteiger partial charge in [-0.05, 0) is 59.6 Å². The number of aliphatic carboxylic acids is 1. The summed E-state index contributed by atoms with van der Waals surface area (Å²) in [6.07, 6.45) is 7.95. The molecule has 0 atom stereocenters. The first kappa shape index (κ1) is 23.2. The van der Waals surface area contributed by atoms with Crippen LogP contribution in [0.1, 0.15) is 61.6 Å². The molecule has 2 aromatic rings. The average molecular weight is 448 g/mol. The molecule has 1 heterocycles. The van der Waals surface area contributed by atoms with Crippen molar-refractivity contribution < 1.29 is 19.4 Å². The molecular formula is C28H33NO4. The van der Waals surface area contributed by atoms with Crippen molar-refractivity contribution >= 4 is 18.0 Å². The molecule has 2 fully saturated rings. The monoisotopic (exact) mass is 447 g/mol. The molecule has 174 valence electrons. The predicted molar refractivity (Wildman–Crippen MR) is 130 cm³/mol. The van der Waals surface area contributed by atoms with Crippen molar-refractivity contribution in [3.8, 4) is 11.1 Å². The van der Waals surface area contributed by atoms with Crippen LogP contribution in [0, 0.1) is 0 Å². The standard InChI is InChI=1S/C28H33NO4/c1-20(28(31)32)16-21-17-24(19-26(30)29-12-14-33-15-13-29)27(23-10-6-3-7-11-23)25(18-21)22-8-4-2-5-9-22/h3,6-7,10-11,16-18,22H,2,4-5,8-9,12-15,19H2,1H3,(H,31,32). The Balaban J connectivity index is 1.83. The number of rotatable bonds is 6. The van der Waals surface area contributed by atoms with E-state index in [0.29, 0.717) is 44.2 Å². The molecule has 5 heteroatoms. The number of carboxylic acid groups (broad SMARTS) is 1. The predicted octanol–water partition coefficient (Wildman–Crippen LogP) is 5.29. The Bertz CT molecular complexity index is 1020. The zero-order chi connectivity index (χ0) is 23.2. The molecule has 0 aromatic heterocycles. The first-order valence-electron chi connectivity index (χ1n) is 12.0. The van der Waals surface area contributed by atoms with E-state index in [9.17, 15) is 14.7 Å². The third kappa shape index (κ3) is 5.72. The molecule has 1 aliphatic carbocycles. The Morgan fingerprint density at radius 1 is 1.06 bits per heavy atom. The minimum Gasteiger partial charge on any atom is -0.478 e. The second-order valence-electron chi connectivity index (χ2n) is 9.15. The first-order valence-corrected chi connectivity index (χ1v) is 12.0. The summed E-state index contributed by atoms with van der Waals surface area (Å²) in [5.41, 5.74) is 5.65. The lowest BCUT2D eigenvalue weighted by atomic mass is 9.78. The second-order valence-corrected chi connectivity index (χ2v) is 9.15. The van der Waals surface area contributed by atoms with Crippen LogP contribution < -0.4 is 0 Å². The summed E-state index contributed by atoms with van der Waals surface area (Å²) in [5, 5.41) is 9.44. The second kappa shape index (κ2) is 10.8. The maximum absolute atomic E-state index is 13.2. The average Bonchev–Trinajstić information content (AvgIpc) is 2.85. The minimum absolute atomic E-state index is 0.0983. The van der Waals surface area contributed by atoms with Crippen molar-refractivity contribution in [2.24, 2.45) is 0 Å². The smallest absolute Gasteiger partial charge is 0.331 e. The van der Waals surface area contributed by atoms with Gasteiger partial charge < -0.3 is 14.7 Å². The van der Waals surface area contributed by atoms with Crippen LogP contribution in [-0.4, -0.2) is 48.2 Å². The summed E-state index contributed by atoms with van der Waals surface area (Å²) < 4.78 is 5.42. The largest absolute Gasteiger partial charge is 0.478 e. The molecule has 1 amide bonds. The quantitative estimate of drug-likeness (QED) is 0.611. The molecule has 0 radical (unpaired) electrons. The molecule has 5 nitrogen and oxygen atoms in total. The normalized spacial score (nSPS) is 17.7. The molecule has 4 rings (SSSR count). The molecule has 1 N–H and O–H groups in total. The Kier molecular flexibility index (Phi) is 7.61. The van der Waals surface area contributed by atoms with E-state index in [2.05, 4.69) is 18.2 Å². The number of ether oxygens (including phenoxy) is 1. The van der Waals surface area contributed by atoms with Gasteiger partial charge in [-0.3, -0.25) is 4.79 Å². The van der Waals surface area contributed by atoms with Crippen LogP contribution in [-0.2, 0) is 20.7 Å². The molecule has 1 aliphatic heterocycles. The SMILES string of the molecule is CC(=Cc1cc(CC(=O)N2CCOCC2)c(-c2ccccc2)c(C2CCCCC2)c1)C(=O)O. The van der Waals surface area contributed by atoms with E-state index in [4.69, 9.17) is 4.74 Å². The van der Waals surface area contributed by atoms with Crippen molar-refractivity contribution in [2.45, 2.75) is 51.4 Å². The van der Waals surface area contributed by atoms with Crippen molar-refractivity contribution in [1.82, 2.24) is 4.90 Å². The van der Waals surface area contributed by atoms with Gasteiger partial charge in [0, 0.05) is 18.7 Å². The number of hydrogen-bond donors (Lipinski definition) is 1. The molecule has 1 saturated carbocycles. The zero-order valence-corrected chi connectivity index (χ0v) is 19.4. The van der Waals surface area contributed by atoms with Gasteiger partial charge in [-0.15, -0.1) is 0 Å². The summed E-state index contributed by atoms with van der Waals surface area (Å²) in [6.45, 7) is 4.00. The Labute approximate surface area is 196 Å². The molecule has 0 unspecified atom stereocenters. The van der Waals surface area contributed by atoms with Gasteiger partial charge in [-0.2, -0.15) is 0 Å². The maximum atomic E-state index is 13.2. The van der Waals surface area contributed by atoms with Crippen molar-refractivity contribution in [2.75, 3.05) is 26.3 Å². The molecular weight excluding hydrogens is 414 g/mol. The summed E-state index contributed by atoms with van der Waals surface area (Å²) in [7, 11) is 0. The van der Waals surface area contributed by atoms with Crippen LogP contribution in [0.3, 0.4) is 0 Å². The number of hydrogen-bond acceptors (Lipinski definition) is 3. The lowest BCUT2D eigenvalue weighted by molar-refractivity contribution is -0.134. The molecule has 1 saturated heterocycles. The Hall–Kier alpha value is -2.92. The zero-order valence-electron chi connectivity index (χ0n) is 19.4. The van der Waals surface area contributed by atoms with Crippen LogP contribution in [0.25, 0.3) is 17.2 Å². The number of morpholine rings is 1. The third-order valence-electron chi connectivity index (χ3n) is 6.81. The van der Waals surface area contributed by atoms with Gasteiger partial charge in [0.1, 0.15) is 0 Å². The summed E-state index contributed by atoms with van der Waals surface area (Å²) in [6, 6.07) is 14.5. The first-order chi connectivity index (χ1) is 16.0. The fourth-order valence-corrected chi connectivity index (χ4v) is 5.07. The van der Waals surface area contributed by atoms with Crippen LogP contribution >= 0.6 is 0 Å². The lowest BCUT2D eigenvalue weighted by Crippen LogP contribution is -2.41. The van der Waals surface area contributed by atoms with E-state index in [1.165, 1.54) is 24.8 Å². The summed E-state index contributed by atoms with van der Waals surface area (Å²) in [5.74, 6) is -0.405. The Morgan fingerprint density at radius 3 is 2.42 bits per heavy atom. The topological polar surface area (TPSA) is 66.8 Å². The number of carbonyl (C=O) groups excluding carboxylic acids is 1. The van der Waals surface area contributed by atoms with Crippen LogP contribution in [0.15, 0.2) is 48.0 Å². The Morgan fingerprint density at radius 2 is 1.76 bits per heavy atom. The summed E-state index contributed by atoms with van der Waals surface area (Å²) >= 11 is 0. The maximum Gasteiger partial charge on any atom is 0.331 e. The van der Waals surface area contributed by atoms with Gasteiger partial charge in [0.05, 0.1) is 19.6 Å². The van der Waals surface area contributed by atoms with E-state index >= 15 is 0 Å². The van der Waals surface area contributed by atoms with Gasteiger partial charge in [-0.1, -0.05) is 61.7 Å². The molecule has 33 heavy (non-hydrogen) atoms. The van der Waals surface area contributed by atoms with Crippen LogP contribution in [0.2, 0.25) is 0 Å². The van der Waals surface area contributed by atoms with Crippen molar-refractivity contribution in [3.63, 3.8) is 0 Å². The molecule has 0 bridgehead atoms. The number of amides is 1. The van der Waals surface area contributed by atoms with Crippen molar-refractivity contribution in [1.29, 1.82) is 0 Å². The fraction of sp³-hybridized carbons (Fsp3) is 0.429. The lowest BCUT2D eigenvalue weighted by Gasteiger charge is -2.29. The number of carboxylic acids is 1. The fourth-order valence-electron chi connectivity index (χ4n) is 5.07. The highest BCUT2D eigenvalue weighted by Gasteiger charge is 2.25. The molecule has 2 aliphatic rings. The van der Waals surface area contributed by atoms with E-state index in [1.54, 1.807) is 13.0 Å². The van der Waals surface area contributed by atoms with Gasteiger partial charge in [0.25, 0.3) is 0 Å². The summed E-state index contributed by atoms with van der Waals surface area (Å²) in [4.78, 5) is 26.6. The van der Waals surface area contributed by atoms with E-state index in [-0.39, 0.29) is 5.91 Å². The third-order valence-corrected chi connectivity index (χ3v) is 6.81. The van der Waals surface area contributed by atoms with Gasteiger partial charge in [0.15, 0.2) is 0 Å². The number of nitrogens with zero attached hydrogens (tertiary/aromatic N) is 1. The van der Waals surface area contributed by atoms with E-state index < -0.39 is 5.97 Å².